The molecule has 0 N–H and O–H groups in total. The number of halogens is 2. The van der Waals surface area contributed by atoms with Crippen molar-refractivity contribution in [1.29, 1.82) is 0 Å². The molecule has 0 radical (unpaired) electrons. The Morgan fingerprint density at radius 1 is 1.06 bits per heavy atom. The van der Waals surface area contributed by atoms with Gasteiger partial charge >= 0.3 is 0 Å². The quantitative estimate of drug-likeness (QED) is 0.383. The van der Waals surface area contributed by atoms with E-state index in [0.717, 1.165) is 6.42 Å². The first-order valence-corrected chi connectivity index (χ1v) is 10.4. The minimum Gasteiger partial charge on any atom is -0.293 e. The first kappa shape index (κ1) is 19.6. The van der Waals surface area contributed by atoms with Crippen LogP contribution < -0.4 is 5.56 Å². The van der Waals surface area contributed by atoms with E-state index in [1.54, 1.807) is 15.2 Å². The Bertz CT molecular complexity index is 1560. The van der Waals surface area contributed by atoms with Crippen molar-refractivity contribution in [2.24, 2.45) is 0 Å². The number of hydrogen-bond acceptors (Lipinski definition) is 4. The molecule has 0 aliphatic carbocycles. The molecule has 156 valence electrons. The molecule has 0 amide bonds. The summed E-state index contributed by atoms with van der Waals surface area (Å²) in [6.45, 7) is 5.82. The van der Waals surface area contributed by atoms with Gasteiger partial charge in [0.2, 0.25) is 0 Å². The second kappa shape index (κ2) is 7.13. The number of aryl methyl sites for hydroxylation is 1. The highest BCUT2D eigenvalue weighted by Crippen LogP contribution is 2.30. The van der Waals surface area contributed by atoms with Crippen LogP contribution in [-0.2, 0) is 0 Å². The lowest BCUT2D eigenvalue weighted by Gasteiger charge is -2.16. The molecule has 0 spiro atoms. The summed E-state index contributed by atoms with van der Waals surface area (Å²) in [6, 6.07) is 11.8. The predicted molar refractivity (Wildman–Crippen MR) is 121 cm³/mol. The van der Waals surface area contributed by atoms with Crippen LogP contribution in [0.15, 0.2) is 47.3 Å². The zero-order valence-electron chi connectivity index (χ0n) is 17.2. The Morgan fingerprint density at radius 2 is 1.77 bits per heavy atom. The molecule has 3 heterocycles. The third kappa shape index (κ3) is 2.91. The standard InChI is InChI=1S/C23H19ClFN5O/c1-4-12(2)29-13(3)26-21-19(23(29)31)20-22(28-18-8-6-5-7-17(18)27-20)30(21)14-9-10-16(25)15(24)11-14/h5-12H,4H2,1-3H3/t12-/m0/s1. The minimum absolute atomic E-state index is 0.0171. The molecule has 0 saturated carbocycles. The predicted octanol–water partition coefficient (Wildman–Crippen LogP) is 5.36. The van der Waals surface area contributed by atoms with Crippen LogP contribution in [0.2, 0.25) is 5.02 Å². The number of para-hydroxylation sites is 2. The molecular weight excluding hydrogens is 417 g/mol. The van der Waals surface area contributed by atoms with Crippen LogP contribution in [0.5, 0.6) is 0 Å². The van der Waals surface area contributed by atoms with Crippen LogP contribution in [0.3, 0.4) is 0 Å². The Morgan fingerprint density at radius 3 is 2.45 bits per heavy atom. The van der Waals surface area contributed by atoms with Crippen LogP contribution >= 0.6 is 11.6 Å². The van der Waals surface area contributed by atoms with Crippen LogP contribution in [-0.4, -0.2) is 24.1 Å². The summed E-state index contributed by atoms with van der Waals surface area (Å²) in [5, 5.41) is 0.366. The average molecular weight is 436 g/mol. The maximum atomic E-state index is 13.8. The Balaban J connectivity index is 2.02. The molecule has 5 aromatic rings. The zero-order chi connectivity index (χ0) is 21.9. The van der Waals surface area contributed by atoms with E-state index < -0.39 is 5.82 Å². The number of aromatic nitrogens is 5. The SMILES string of the molecule is CC[C@H](C)n1c(C)nc2c(c1=O)c1nc3ccccc3nc1n2-c1ccc(F)c(Cl)c1. The monoisotopic (exact) mass is 435 g/mol. The van der Waals surface area contributed by atoms with Gasteiger partial charge < -0.3 is 0 Å². The molecular formula is C23H19ClFN5O. The second-order valence-electron chi connectivity index (χ2n) is 7.61. The fourth-order valence-electron chi connectivity index (χ4n) is 3.98. The zero-order valence-corrected chi connectivity index (χ0v) is 18.0. The molecule has 0 bridgehead atoms. The van der Waals surface area contributed by atoms with Crippen molar-refractivity contribution >= 4 is 44.8 Å². The molecule has 0 saturated heterocycles. The van der Waals surface area contributed by atoms with Gasteiger partial charge in [0.15, 0.2) is 11.3 Å². The summed E-state index contributed by atoms with van der Waals surface area (Å²) in [5.74, 6) is 0.0691. The van der Waals surface area contributed by atoms with Crippen molar-refractivity contribution < 1.29 is 4.39 Å². The summed E-state index contributed by atoms with van der Waals surface area (Å²) in [7, 11) is 0. The minimum atomic E-state index is -0.522. The van der Waals surface area contributed by atoms with Crippen molar-refractivity contribution in [1.82, 2.24) is 24.1 Å². The normalized spacial score (nSPS) is 12.8. The largest absolute Gasteiger partial charge is 0.293 e. The topological polar surface area (TPSA) is 65.6 Å². The fourth-order valence-corrected chi connectivity index (χ4v) is 4.15. The number of fused-ring (bicyclic) bond motifs is 4. The van der Waals surface area contributed by atoms with Gasteiger partial charge in [0, 0.05) is 6.04 Å². The summed E-state index contributed by atoms with van der Waals surface area (Å²) in [5.41, 5.74) is 3.12. The smallest absolute Gasteiger partial charge is 0.265 e. The lowest BCUT2D eigenvalue weighted by atomic mass is 10.2. The van der Waals surface area contributed by atoms with Crippen LogP contribution in [0.1, 0.15) is 32.1 Å². The number of rotatable bonds is 3. The summed E-state index contributed by atoms with van der Waals surface area (Å²) >= 11 is 6.07. The molecule has 0 fully saturated rings. The van der Waals surface area contributed by atoms with Crippen LogP contribution in [0.4, 0.5) is 4.39 Å². The van der Waals surface area contributed by atoms with Gasteiger partial charge in [-0.2, -0.15) is 0 Å². The highest BCUT2D eigenvalue weighted by atomic mass is 35.5. The van der Waals surface area contributed by atoms with E-state index >= 15 is 0 Å². The number of benzene rings is 2. The third-order valence-electron chi connectivity index (χ3n) is 5.68. The molecule has 6 nitrogen and oxygen atoms in total. The van der Waals surface area contributed by atoms with E-state index in [2.05, 4.69) is 0 Å². The van der Waals surface area contributed by atoms with Gasteiger partial charge in [-0.15, -0.1) is 0 Å². The maximum Gasteiger partial charge on any atom is 0.265 e. The van der Waals surface area contributed by atoms with E-state index in [1.165, 1.54) is 12.1 Å². The first-order valence-electron chi connectivity index (χ1n) is 10.1. The Hall–Kier alpha value is -3.32. The van der Waals surface area contributed by atoms with Gasteiger partial charge in [-0.25, -0.2) is 19.3 Å². The van der Waals surface area contributed by atoms with Gasteiger partial charge in [0.1, 0.15) is 22.5 Å². The molecule has 31 heavy (non-hydrogen) atoms. The van der Waals surface area contributed by atoms with Gasteiger partial charge in [0.05, 0.1) is 21.7 Å². The summed E-state index contributed by atoms with van der Waals surface area (Å²) in [4.78, 5) is 27.9. The highest BCUT2D eigenvalue weighted by Gasteiger charge is 2.23. The fraction of sp³-hybridized carbons (Fsp3) is 0.217. The van der Waals surface area contributed by atoms with E-state index in [4.69, 9.17) is 26.6 Å². The van der Waals surface area contributed by atoms with Crippen LogP contribution in [0.25, 0.3) is 38.9 Å². The maximum absolute atomic E-state index is 13.8. The molecule has 2 aromatic carbocycles. The van der Waals surface area contributed by atoms with Gasteiger partial charge in [-0.1, -0.05) is 30.7 Å². The Kier molecular flexibility index (Phi) is 4.51. The van der Waals surface area contributed by atoms with Crippen molar-refractivity contribution in [3.05, 3.63) is 69.5 Å². The number of nitrogens with zero attached hydrogens (tertiary/aromatic N) is 5. The molecule has 1 atom stereocenters. The Labute approximate surface area is 181 Å². The molecule has 0 unspecified atom stereocenters. The second-order valence-corrected chi connectivity index (χ2v) is 8.02. The van der Waals surface area contributed by atoms with E-state index in [-0.39, 0.29) is 16.6 Å². The van der Waals surface area contributed by atoms with Crippen molar-refractivity contribution in [2.75, 3.05) is 0 Å². The molecule has 8 heteroatoms. The van der Waals surface area contributed by atoms with Crippen molar-refractivity contribution in [3.63, 3.8) is 0 Å². The van der Waals surface area contributed by atoms with E-state index in [0.29, 0.717) is 44.7 Å². The lowest BCUT2D eigenvalue weighted by molar-refractivity contribution is 0.497. The summed E-state index contributed by atoms with van der Waals surface area (Å²) in [6.07, 6.45) is 0.786. The molecule has 3 aromatic heterocycles. The van der Waals surface area contributed by atoms with Crippen molar-refractivity contribution in [3.8, 4) is 5.69 Å². The van der Waals surface area contributed by atoms with Gasteiger partial charge in [-0.05, 0) is 50.6 Å². The highest BCUT2D eigenvalue weighted by molar-refractivity contribution is 6.31. The number of hydrogen-bond donors (Lipinski definition) is 0. The summed E-state index contributed by atoms with van der Waals surface area (Å²) < 4.78 is 17.3. The molecule has 5 rings (SSSR count). The van der Waals surface area contributed by atoms with E-state index in [9.17, 15) is 9.18 Å². The van der Waals surface area contributed by atoms with Gasteiger partial charge in [-0.3, -0.25) is 13.9 Å². The van der Waals surface area contributed by atoms with Crippen molar-refractivity contribution in [2.45, 2.75) is 33.2 Å². The average Bonchev–Trinajstić information content (AvgIpc) is 3.06. The third-order valence-corrected chi connectivity index (χ3v) is 5.97. The van der Waals surface area contributed by atoms with Gasteiger partial charge in [0.25, 0.3) is 5.56 Å². The first-order chi connectivity index (χ1) is 14.9. The molecule has 0 aliphatic rings. The van der Waals surface area contributed by atoms with E-state index in [1.807, 2.05) is 45.0 Å². The molecule has 0 aliphatic heterocycles. The lowest BCUT2D eigenvalue weighted by Crippen LogP contribution is -2.26. The van der Waals surface area contributed by atoms with Crippen LogP contribution in [0, 0.1) is 12.7 Å².